The maximum absolute atomic E-state index is 8.66. The summed E-state index contributed by atoms with van der Waals surface area (Å²) < 4.78 is 16.3. The molecule has 0 aromatic heterocycles. The normalized spacial score (nSPS) is 12.3. The van der Waals surface area contributed by atoms with Gasteiger partial charge in [-0.2, -0.15) is 0 Å². The summed E-state index contributed by atoms with van der Waals surface area (Å²) in [6.45, 7) is 4.49. The van der Waals surface area contributed by atoms with E-state index in [9.17, 15) is 0 Å². The first kappa shape index (κ1) is 16.1. The highest BCUT2D eigenvalue weighted by Crippen LogP contribution is 2.28. The van der Waals surface area contributed by atoms with Crippen LogP contribution in [0.25, 0.3) is 0 Å². The Bertz CT molecular complexity index is 472. The first-order valence-electron chi connectivity index (χ1n) is 6.27. The van der Waals surface area contributed by atoms with Gasteiger partial charge in [0.25, 0.3) is 0 Å². The van der Waals surface area contributed by atoms with Crippen LogP contribution in [0.3, 0.4) is 0 Å². The lowest BCUT2D eigenvalue weighted by atomic mass is 10.1. The van der Waals surface area contributed by atoms with Crippen molar-refractivity contribution in [1.82, 2.24) is 0 Å². The van der Waals surface area contributed by atoms with E-state index in [2.05, 4.69) is 5.16 Å². The number of nitrogens with zero attached hydrogens (tertiary/aromatic N) is 1. The summed E-state index contributed by atoms with van der Waals surface area (Å²) in [6, 6.07) is 5.09. The molecule has 0 bridgehead atoms. The van der Waals surface area contributed by atoms with Crippen molar-refractivity contribution in [2.45, 2.75) is 25.9 Å². The molecule has 0 atom stereocenters. The van der Waals surface area contributed by atoms with E-state index in [1.54, 1.807) is 25.3 Å². The van der Waals surface area contributed by atoms with Crippen LogP contribution in [-0.2, 0) is 4.74 Å². The van der Waals surface area contributed by atoms with Gasteiger partial charge in [-0.05, 0) is 32.0 Å². The summed E-state index contributed by atoms with van der Waals surface area (Å²) >= 11 is 0. The van der Waals surface area contributed by atoms with Gasteiger partial charge in [-0.25, -0.2) is 0 Å². The molecule has 0 unspecified atom stereocenters. The van der Waals surface area contributed by atoms with Crippen LogP contribution in [0.5, 0.6) is 11.5 Å². The molecular formula is C14H22N2O4. The second-order valence-corrected chi connectivity index (χ2v) is 4.91. The SMILES string of the molecule is COc1cc(/C(N)=N/O)ccc1OCCC(C)(C)OC. The van der Waals surface area contributed by atoms with Crippen LogP contribution >= 0.6 is 0 Å². The molecule has 1 aromatic carbocycles. The predicted molar refractivity (Wildman–Crippen MR) is 76.7 cm³/mol. The van der Waals surface area contributed by atoms with Crippen LogP contribution in [0.4, 0.5) is 0 Å². The molecule has 6 heteroatoms. The van der Waals surface area contributed by atoms with Crippen LogP contribution in [0, 0.1) is 0 Å². The molecule has 0 radical (unpaired) electrons. The fourth-order valence-corrected chi connectivity index (χ4v) is 1.51. The topological polar surface area (TPSA) is 86.3 Å². The predicted octanol–water partition coefficient (Wildman–Crippen LogP) is 1.98. The molecule has 0 saturated carbocycles. The molecule has 0 aliphatic heterocycles. The fraction of sp³-hybridized carbons (Fsp3) is 0.500. The molecule has 1 aromatic rings. The van der Waals surface area contributed by atoms with Crippen LogP contribution in [-0.4, -0.2) is 37.5 Å². The number of rotatable bonds is 7. The second-order valence-electron chi connectivity index (χ2n) is 4.91. The van der Waals surface area contributed by atoms with Crippen LogP contribution < -0.4 is 15.2 Å². The third-order valence-electron chi connectivity index (χ3n) is 3.08. The Morgan fingerprint density at radius 3 is 2.55 bits per heavy atom. The van der Waals surface area contributed by atoms with Crippen LogP contribution in [0.15, 0.2) is 23.4 Å². The number of amidine groups is 1. The van der Waals surface area contributed by atoms with Gasteiger partial charge < -0.3 is 25.2 Å². The van der Waals surface area contributed by atoms with Gasteiger partial charge >= 0.3 is 0 Å². The first-order valence-corrected chi connectivity index (χ1v) is 6.27. The number of nitrogens with two attached hydrogens (primary N) is 1. The van der Waals surface area contributed by atoms with Gasteiger partial charge in [0.15, 0.2) is 17.3 Å². The Balaban J connectivity index is 2.76. The molecular weight excluding hydrogens is 260 g/mol. The summed E-state index contributed by atoms with van der Waals surface area (Å²) in [5, 5.41) is 11.6. The van der Waals surface area contributed by atoms with Crippen molar-refractivity contribution in [2.75, 3.05) is 20.8 Å². The summed E-state index contributed by atoms with van der Waals surface area (Å²) in [7, 11) is 3.21. The van der Waals surface area contributed by atoms with Crippen LogP contribution in [0.2, 0.25) is 0 Å². The third kappa shape index (κ3) is 4.31. The van der Waals surface area contributed by atoms with E-state index >= 15 is 0 Å². The smallest absolute Gasteiger partial charge is 0.170 e. The summed E-state index contributed by atoms with van der Waals surface area (Å²) in [5.74, 6) is 1.16. The number of hydrogen-bond acceptors (Lipinski definition) is 5. The van der Waals surface area contributed by atoms with Crippen molar-refractivity contribution in [3.63, 3.8) is 0 Å². The molecule has 0 spiro atoms. The lowest BCUT2D eigenvalue weighted by Crippen LogP contribution is -2.25. The average Bonchev–Trinajstić information content (AvgIpc) is 2.46. The zero-order valence-electron chi connectivity index (χ0n) is 12.3. The zero-order valence-corrected chi connectivity index (χ0v) is 12.3. The Labute approximate surface area is 119 Å². The zero-order chi connectivity index (χ0) is 15.2. The summed E-state index contributed by atoms with van der Waals surface area (Å²) in [5.41, 5.74) is 5.86. The minimum Gasteiger partial charge on any atom is -0.493 e. The Hall–Kier alpha value is -1.95. The quantitative estimate of drug-likeness (QED) is 0.345. The maximum Gasteiger partial charge on any atom is 0.170 e. The monoisotopic (exact) mass is 282 g/mol. The van der Waals surface area contributed by atoms with E-state index < -0.39 is 0 Å². The molecule has 0 aliphatic carbocycles. The average molecular weight is 282 g/mol. The number of ether oxygens (including phenoxy) is 3. The van der Waals surface area contributed by atoms with Gasteiger partial charge in [-0.1, -0.05) is 5.16 Å². The molecule has 0 heterocycles. The minimum atomic E-state index is -0.235. The highest BCUT2D eigenvalue weighted by atomic mass is 16.5. The molecule has 0 saturated heterocycles. The van der Waals surface area contributed by atoms with Crippen molar-refractivity contribution in [1.29, 1.82) is 0 Å². The number of hydrogen-bond donors (Lipinski definition) is 2. The molecule has 1 rings (SSSR count). The van der Waals surface area contributed by atoms with Crippen molar-refractivity contribution in [2.24, 2.45) is 10.9 Å². The lowest BCUT2D eigenvalue weighted by molar-refractivity contribution is 0.00525. The van der Waals surface area contributed by atoms with Crippen molar-refractivity contribution >= 4 is 5.84 Å². The first-order chi connectivity index (χ1) is 9.43. The third-order valence-corrected chi connectivity index (χ3v) is 3.08. The molecule has 112 valence electrons. The van der Waals surface area contributed by atoms with E-state index in [0.29, 0.717) is 23.7 Å². The summed E-state index contributed by atoms with van der Waals surface area (Å²) in [6.07, 6.45) is 0.745. The van der Waals surface area contributed by atoms with Crippen LogP contribution in [0.1, 0.15) is 25.8 Å². The molecule has 6 nitrogen and oxygen atoms in total. The Kier molecular flexibility index (Phi) is 5.64. The van der Waals surface area contributed by atoms with Gasteiger partial charge in [0.1, 0.15) is 0 Å². The van der Waals surface area contributed by atoms with E-state index in [-0.39, 0.29) is 11.4 Å². The number of oxime groups is 1. The number of methoxy groups -OCH3 is 2. The highest BCUT2D eigenvalue weighted by Gasteiger charge is 2.17. The van der Waals surface area contributed by atoms with Gasteiger partial charge in [-0.3, -0.25) is 0 Å². The molecule has 20 heavy (non-hydrogen) atoms. The maximum atomic E-state index is 8.66. The largest absolute Gasteiger partial charge is 0.493 e. The van der Waals surface area contributed by atoms with Crippen molar-refractivity contribution in [3.8, 4) is 11.5 Å². The summed E-state index contributed by atoms with van der Waals surface area (Å²) in [4.78, 5) is 0. The van der Waals surface area contributed by atoms with Crippen molar-refractivity contribution < 1.29 is 19.4 Å². The van der Waals surface area contributed by atoms with E-state index in [4.69, 9.17) is 25.2 Å². The minimum absolute atomic E-state index is 0.0235. The second kappa shape index (κ2) is 7.00. The fourth-order valence-electron chi connectivity index (χ4n) is 1.51. The van der Waals surface area contributed by atoms with E-state index in [1.165, 1.54) is 7.11 Å². The Morgan fingerprint density at radius 1 is 1.30 bits per heavy atom. The molecule has 0 aliphatic rings. The van der Waals surface area contributed by atoms with Gasteiger partial charge in [0.05, 0.1) is 19.3 Å². The van der Waals surface area contributed by atoms with Crippen molar-refractivity contribution in [3.05, 3.63) is 23.8 Å². The van der Waals surface area contributed by atoms with Gasteiger partial charge in [0, 0.05) is 19.1 Å². The Morgan fingerprint density at radius 2 is 2.00 bits per heavy atom. The number of benzene rings is 1. The molecule has 0 amide bonds. The lowest BCUT2D eigenvalue weighted by Gasteiger charge is -2.23. The van der Waals surface area contributed by atoms with Gasteiger partial charge in [-0.15, -0.1) is 0 Å². The van der Waals surface area contributed by atoms with E-state index in [1.807, 2.05) is 13.8 Å². The molecule has 0 fully saturated rings. The van der Waals surface area contributed by atoms with Gasteiger partial charge in [0.2, 0.25) is 0 Å². The van der Waals surface area contributed by atoms with E-state index in [0.717, 1.165) is 6.42 Å². The highest BCUT2D eigenvalue weighted by molar-refractivity contribution is 5.97. The standard InChI is InChI=1S/C14H22N2O4/c1-14(2,19-4)7-8-20-11-6-5-10(13(15)16-17)9-12(11)18-3/h5-6,9,17H,7-8H2,1-4H3,(H2,15,16). The molecule has 3 N–H and O–H groups in total.